The van der Waals surface area contributed by atoms with Gasteiger partial charge in [-0.05, 0) is 86.0 Å². The third-order valence-corrected chi connectivity index (χ3v) is 7.96. The van der Waals surface area contributed by atoms with Crippen LogP contribution in [0.4, 0.5) is 10.5 Å². The lowest BCUT2D eigenvalue weighted by molar-refractivity contribution is -0.0585. The number of rotatable bonds is 5. The summed E-state index contributed by atoms with van der Waals surface area (Å²) in [4.78, 5) is 17.5. The third-order valence-electron chi connectivity index (χ3n) is 7.96. The van der Waals surface area contributed by atoms with E-state index in [9.17, 15) is 9.90 Å². The molecule has 0 saturated carbocycles. The minimum atomic E-state index is -0.0669. The highest BCUT2D eigenvalue weighted by Gasteiger charge is 2.49. The van der Waals surface area contributed by atoms with Gasteiger partial charge in [0.15, 0.2) is 0 Å². The van der Waals surface area contributed by atoms with Gasteiger partial charge < -0.3 is 20.1 Å². The molecule has 2 heterocycles. The number of nitrogens with zero attached hydrogens (tertiary/aromatic N) is 2. The van der Waals surface area contributed by atoms with Crippen LogP contribution in [0.25, 0.3) is 5.57 Å². The van der Waals surface area contributed by atoms with Gasteiger partial charge in [0, 0.05) is 36.8 Å². The molecule has 0 unspecified atom stereocenters. The van der Waals surface area contributed by atoms with Crippen LogP contribution in [0.2, 0.25) is 0 Å². The Balaban J connectivity index is 1.31. The van der Waals surface area contributed by atoms with Crippen molar-refractivity contribution in [1.82, 2.24) is 9.80 Å². The third kappa shape index (κ3) is 5.09. The summed E-state index contributed by atoms with van der Waals surface area (Å²) >= 11 is 0. The maximum absolute atomic E-state index is 13.2. The number of benzene rings is 2. The number of fused-ring (bicyclic) bond motifs is 1. The Labute approximate surface area is 208 Å². The molecule has 0 bridgehead atoms. The van der Waals surface area contributed by atoms with Crippen molar-refractivity contribution < 1.29 is 14.6 Å². The molecule has 3 atom stereocenters. The second kappa shape index (κ2) is 10.8. The highest BCUT2D eigenvalue weighted by atomic mass is 16.5. The van der Waals surface area contributed by atoms with E-state index in [0.29, 0.717) is 6.54 Å². The molecule has 1 aliphatic carbocycles. The number of aliphatic hydroxyl groups is 1. The fourth-order valence-electron chi connectivity index (χ4n) is 6.02. The highest BCUT2D eigenvalue weighted by Crippen LogP contribution is 2.42. The van der Waals surface area contributed by atoms with E-state index in [-0.39, 0.29) is 30.6 Å². The van der Waals surface area contributed by atoms with Crippen LogP contribution in [0.5, 0.6) is 5.75 Å². The van der Waals surface area contributed by atoms with Gasteiger partial charge in [0.2, 0.25) is 0 Å². The van der Waals surface area contributed by atoms with Crippen LogP contribution in [-0.4, -0.2) is 66.4 Å². The number of allylic oxidation sites excluding steroid dienone is 2. The number of amides is 2. The van der Waals surface area contributed by atoms with Crippen molar-refractivity contribution in [2.75, 3.05) is 38.7 Å². The summed E-state index contributed by atoms with van der Waals surface area (Å²) < 4.78 is 5.22. The maximum atomic E-state index is 13.2. The number of hydrogen-bond acceptors (Lipinski definition) is 4. The summed E-state index contributed by atoms with van der Waals surface area (Å²) in [7, 11) is 1.63. The predicted molar refractivity (Wildman–Crippen MR) is 140 cm³/mol. The van der Waals surface area contributed by atoms with E-state index in [0.717, 1.165) is 43.8 Å². The van der Waals surface area contributed by atoms with Crippen molar-refractivity contribution >= 4 is 17.3 Å². The molecule has 0 radical (unpaired) electrons. The van der Waals surface area contributed by atoms with Crippen LogP contribution in [0.3, 0.4) is 0 Å². The maximum Gasteiger partial charge on any atom is 0.321 e. The number of ether oxygens (including phenoxy) is 1. The zero-order chi connectivity index (χ0) is 24.2. The summed E-state index contributed by atoms with van der Waals surface area (Å²) in [6.45, 7) is 2.53. The number of nitrogens with one attached hydrogen (secondary N) is 1. The molecule has 2 fully saturated rings. The van der Waals surface area contributed by atoms with E-state index in [4.69, 9.17) is 4.74 Å². The fraction of sp³-hybridized carbons (Fsp3) is 0.483. The van der Waals surface area contributed by atoms with Crippen LogP contribution in [0.15, 0.2) is 54.6 Å². The average molecular weight is 476 g/mol. The van der Waals surface area contributed by atoms with Crippen LogP contribution in [0, 0.1) is 0 Å². The second-order valence-electron chi connectivity index (χ2n) is 9.99. The molecule has 35 heavy (non-hydrogen) atoms. The Hall–Kier alpha value is -2.83. The molecule has 2 aromatic carbocycles. The van der Waals surface area contributed by atoms with Crippen LogP contribution < -0.4 is 10.1 Å². The first-order chi connectivity index (χ1) is 17.2. The predicted octanol–water partition coefficient (Wildman–Crippen LogP) is 5.11. The minimum Gasteiger partial charge on any atom is -0.497 e. The van der Waals surface area contributed by atoms with Gasteiger partial charge in [-0.2, -0.15) is 0 Å². The molecular formula is C29H37N3O3. The van der Waals surface area contributed by atoms with Crippen molar-refractivity contribution in [3.05, 3.63) is 65.7 Å². The Bertz CT molecular complexity index is 1030. The molecule has 2 amide bonds. The summed E-state index contributed by atoms with van der Waals surface area (Å²) in [5.41, 5.74) is 4.81. The standard InChI is InChI=1S/C29H37N3O3/c1-35-25-15-13-24(14-16-25)30-29(34)31-17-5-6-18-32-26(19-31)28(27(32)20-33)23-11-9-22(10-12-23)21-7-3-2-4-8-21/h7,9-16,26-28,33H,2-6,8,17-20H2,1H3,(H,30,34)/t26-,27-,28+/m0/s1. The number of carbonyl (C=O) groups excluding carboxylic acids is 1. The van der Waals surface area contributed by atoms with Crippen molar-refractivity contribution in [2.45, 2.75) is 56.5 Å². The molecule has 0 aromatic heterocycles. The summed E-state index contributed by atoms with van der Waals surface area (Å²) in [5.74, 6) is 0.992. The molecule has 2 saturated heterocycles. The van der Waals surface area contributed by atoms with E-state index in [1.807, 2.05) is 29.2 Å². The van der Waals surface area contributed by atoms with Gasteiger partial charge in [0.1, 0.15) is 5.75 Å². The molecule has 6 nitrogen and oxygen atoms in total. The van der Waals surface area contributed by atoms with Crippen molar-refractivity contribution in [2.24, 2.45) is 0 Å². The number of methoxy groups -OCH3 is 1. The lowest BCUT2D eigenvalue weighted by Crippen LogP contribution is -2.68. The number of urea groups is 1. The van der Waals surface area contributed by atoms with Gasteiger partial charge in [-0.1, -0.05) is 30.3 Å². The van der Waals surface area contributed by atoms with Gasteiger partial charge in [-0.3, -0.25) is 4.90 Å². The second-order valence-corrected chi connectivity index (χ2v) is 9.99. The van der Waals surface area contributed by atoms with Crippen LogP contribution in [-0.2, 0) is 0 Å². The van der Waals surface area contributed by atoms with Gasteiger partial charge in [-0.25, -0.2) is 4.79 Å². The van der Waals surface area contributed by atoms with E-state index in [1.165, 1.54) is 36.0 Å². The van der Waals surface area contributed by atoms with Crippen LogP contribution in [0.1, 0.15) is 55.6 Å². The lowest BCUT2D eigenvalue weighted by Gasteiger charge is -2.57. The van der Waals surface area contributed by atoms with Crippen molar-refractivity contribution in [3.63, 3.8) is 0 Å². The van der Waals surface area contributed by atoms with Crippen LogP contribution >= 0.6 is 0 Å². The van der Waals surface area contributed by atoms with E-state index < -0.39 is 0 Å². The van der Waals surface area contributed by atoms with Gasteiger partial charge in [0.25, 0.3) is 0 Å². The molecule has 186 valence electrons. The summed E-state index contributed by atoms with van der Waals surface area (Å²) in [5, 5.41) is 13.3. The Kier molecular flexibility index (Phi) is 7.40. The quantitative estimate of drug-likeness (QED) is 0.631. The SMILES string of the molecule is COc1ccc(NC(=O)N2CCCCN3[C@@H](CO)[C@H](c4ccc(C5=CCCCC5)cc4)[C@@H]3C2)cc1. The topological polar surface area (TPSA) is 65.0 Å². The first-order valence-electron chi connectivity index (χ1n) is 13.0. The van der Waals surface area contributed by atoms with Gasteiger partial charge >= 0.3 is 6.03 Å². The molecule has 2 aliphatic heterocycles. The number of anilines is 1. The molecule has 2 N–H and O–H groups in total. The fourth-order valence-corrected chi connectivity index (χ4v) is 6.02. The molecule has 5 rings (SSSR count). The van der Waals surface area contributed by atoms with E-state index >= 15 is 0 Å². The molecule has 2 aromatic rings. The largest absolute Gasteiger partial charge is 0.497 e. The number of hydrogen-bond donors (Lipinski definition) is 2. The Morgan fingerprint density at radius 3 is 2.49 bits per heavy atom. The normalized spacial score (nSPS) is 24.9. The van der Waals surface area contributed by atoms with Gasteiger partial charge in [-0.15, -0.1) is 0 Å². The molecule has 0 spiro atoms. The summed E-state index contributed by atoms with van der Waals surface area (Å²) in [6.07, 6.45) is 9.28. The zero-order valence-corrected chi connectivity index (χ0v) is 20.7. The number of carbonyl (C=O) groups is 1. The van der Waals surface area contributed by atoms with E-state index in [2.05, 4.69) is 40.6 Å². The average Bonchev–Trinajstić information content (AvgIpc) is 2.89. The smallest absolute Gasteiger partial charge is 0.321 e. The highest BCUT2D eigenvalue weighted by molar-refractivity contribution is 5.89. The lowest BCUT2D eigenvalue weighted by atomic mass is 9.74. The minimum absolute atomic E-state index is 0.0669. The molecule has 6 heteroatoms. The zero-order valence-electron chi connectivity index (χ0n) is 20.7. The Morgan fingerprint density at radius 1 is 1.03 bits per heavy atom. The van der Waals surface area contributed by atoms with Crippen molar-refractivity contribution in [3.8, 4) is 5.75 Å². The van der Waals surface area contributed by atoms with Crippen molar-refractivity contribution in [1.29, 1.82) is 0 Å². The van der Waals surface area contributed by atoms with Gasteiger partial charge in [0.05, 0.1) is 13.7 Å². The number of aliphatic hydroxyl groups excluding tert-OH is 1. The van der Waals surface area contributed by atoms with E-state index in [1.54, 1.807) is 7.11 Å². The monoisotopic (exact) mass is 475 g/mol. The first kappa shape index (κ1) is 23.9. The Morgan fingerprint density at radius 2 is 1.80 bits per heavy atom. The molecule has 3 aliphatic rings. The first-order valence-corrected chi connectivity index (χ1v) is 13.0. The molecular weight excluding hydrogens is 438 g/mol. The summed E-state index contributed by atoms with van der Waals surface area (Å²) in [6, 6.07) is 16.7.